The van der Waals surface area contributed by atoms with Gasteiger partial charge in [-0.2, -0.15) is 4.98 Å². The van der Waals surface area contributed by atoms with Crippen LogP contribution < -0.4 is 16.4 Å². The molecule has 0 aromatic carbocycles. The zero-order valence-corrected chi connectivity index (χ0v) is 14.8. The van der Waals surface area contributed by atoms with E-state index in [1.165, 1.54) is 11.3 Å². The summed E-state index contributed by atoms with van der Waals surface area (Å²) in [7, 11) is 0. The van der Waals surface area contributed by atoms with Gasteiger partial charge in [-0.05, 0) is 23.8 Å². The molecule has 25 heavy (non-hydrogen) atoms. The van der Waals surface area contributed by atoms with Gasteiger partial charge in [-0.1, -0.05) is 17.8 Å². The Morgan fingerprint density at radius 3 is 3.04 bits per heavy atom. The van der Waals surface area contributed by atoms with Crippen molar-refractivity contribution in [1.82, 2.24) is 25.8 Å². The summed E-state index contributed by atoms with van der Waals surface area (Å²) in [5, 5.41) is 15.8. The number of urea groups is 1. The molecule has 3 heterocycles. The van der Waals surface area contributed by atoms with Crippen molar-refractivity contribution in [3.63, 3.8) is 0 Å². The van der Waals surface area contributed by atoms with Crippen molar-refractivity contribution < 1.29 is 14.3 Å². The first-order valence-electron chi connectivity index (χ1n) is 7.40. The van der Waals surface area contributed by atoms with E-state index in [1.807, 2.05) is 17.5 Å². The molecule has 11 heteroatoms. The number of aromatic amines is 1. The van der Waals surface area contributed by atoms with E-state index in [0.29, 0.717) is 10.9 Å². The van der Waals surface area contributed by atoms with E-state index < -0.39 is 17.9 Å². The van der Waals surface area contributed by atoms with Crippen molar-refractivity contribution >= 4 is 41.0 Å². The van der Waals surface area contributed by atoms with Gasteiger partial charge in [0.05, 0.1) is 12.6 Å². The highest BCUT2D eigenvalue weighted by Gasteiger charge is 2.40. The minimum Gasteiger partial charge on any atom is -0.465 e. The maximum absolute atomic E-state index is 12.5. The molecule has 2 unspecified atom stereocenters. The highest BCUT2D eigenvalue weighted by atomic mass is 32.2. The first kappa shape index (κ1) is 17.3. The monoisotopic (exact) mass is 380 g/mol. The first-order valence-corrected chi connectivity index (χ1v) is 9.16. The predicted molar refractivity (Wildman–Crippen MR) is 93.6 cm³/mol. The summed E-state index contributed by atoms with van der Waals surface area (Å²) in [5.41, 5.74) is 5.92. The molecule has 1 saturated heterocycles. The average molecular weight is 380 g/mol. The number of thioether (sulfide) groups is 1. The molecule has 3 rings (SSSR count). The van der Waals surface area contributed by atoms with Gasteiger partial charge < -0.3 is 21.1 Å². The molecule has 0 saturated carbocycles. The molecule has 9 nitrogen and oxygen atoms in total. The lowest BCUT2D eigenvalue weighted by Gasteiger charge is -2.32. The van der Waals surface area contributed by atoms with E-state index in [-0.39, 0.29) is 18.6 Å². The number of nitrogens with two attached hydrogens (primary N) is 1. The normalized spacial score (nSPS) is 21.6. The average Bonchev–Trinajstić information content (AvgIpc) is 3.24. The van der Waals surface area contributed by atoms with E-state index in [9.17, 15) is 9.59 Å². The van der Waals surface area contributed by atoms with E-state index in [1.54, 1.807) is 12.3 Å². The number of nitrogen functional groups attached to an aromatic ring is 1. The third-order valence-electron chi connectivity index (χ3n) is 3.38. The second kappa shape index (κ2) is 7.57. The Bertz CT molecular complexity index is 788. The molecule has 2 aromatic heterocycles. The van der Waals surface area contributed by atoms with Gasteiger partial charge in [0.15, 0.2) is 0 Å². The van der Waals surface area contributed by atoms with Crippen LogP contribution in [0.4, 0.5) is 10.7 Å². The van der Waals surface area contributed by atoms with Crippen LogP contribution in [0, 0.1) is 5.92 Å². The number of carbonyl (C=O) groups excluding carboxylic acids is 2. The maximum atomic E-state index is 12.5. The molecule has 1 aliphatic rings. The third kappa shape index (κ3) is 3.94. The van der Waals surface area contributed by atoms with E-state index in [0.717, 1.165) is 16.6 Å². The Hall–Kier alpha value is -2.53. The summed E-state index contributed by atoms with van der Waals surface area (Å²) in [6, 6.07) is 2.84. The molecule has 1 fully saturated rings. The number of amides is 2. The molecule has 2 amide bonds. The van der Waals surface area contributed by atoms with Crippen molar-refractivity contribution in [2.45, 2.75) is 18.1 Å². The van der Waals surface area contributed by atoms with Crippen LogP contribution in [0.1, 0.15) is 17.8 Å². The van der Waals surface area contributed by atoms with Gasteiger partial charge in [0.1, 0.15) is 5.92 Å². The molecular weight excluding hydrogens is 364 g/mol. The molecule has 2 aromatic rings. The lowest BCUT2D eigenvalue weighted by molar-refractivity contribution is -0.147. The fourth-order valence-electron chi connectivity index (χ4n) is 2.38. The standard InChI is InChI=1S/C14H16N6O3S2/c1-2-23-11(21)9-7(6-25-14-18-12(15)19-20-14)16-13(22)17-10(9)8-4-3-5-24-8/h3-6,9-10H,2H2,1H3,(H2,16,17,22)(H3,15,18,19,20). The number of anilines is 1. The maximum Gasteiger partial charge on any atom is 0.319 e. The molecule has 2 atom stereocenters. The Kier molecular flexibility index (Phi) is 5.24. The van der Waals surface area contributed by atoms with E-state index in [2.05, 4.69) is 25.8 Å². The van der Waals surface area contributed by atoms with Crippen LogP contribution in [0.3, 0.4) is 0 Å². The van der Waals surface area contributed by atoms with Gasteiger partial charge in [-0.15, -0.1) is 16.4 Å². The van der Waals surface area contributed by atoms with Gasteiger partial charge in [-0.3, -0.25) is 4.79 Å². The van der Waals surface area contributed by atoms with Gasteiger partial charge in [0.25, 0.3) is 0 Å². The van der Waals surface area contributed by atoms with Crippen LogP contribution in [-0.2, 0) is 9.53 Å². The number of ether oxygens (including phenoxy) is 1. The van der Waals surface area contributed by atoms with Crippen LogP contribution in [0.15, 0.2) is 33.8 Å². The third-order valence-corrected chi connectivity index (χ3v) is 5.10. The summed E-state index contributed by atoms with van der Waals surface area (Å²) in [5.74, 6) is -0.927. The second-order valence-electron chi connectivity index (χ2n) is 5.02. The van der Waals surface area contributed by atoms with Crippen LogP contribution in [0.25, 0.3) is 0 Å². The van der Waals surface area contributed by atoms with E-state index >= 15 is 0 Å². The van der Waals surface area contributed by atoms with Crippen LogP contribution in [-0.4, -0.2) is 33.8 Å². The lowest BCUT2D eigenvalue weighted by atomic mass is 9.93. The predicted octanol–water partition coefficient (Wildman–Crippen LogP) is 1.62. The Morgan fingerprint density at radius 2 is 2.40 bits per heavy atom. The summed E-state index contributed by atoms with van der Waals surface area (Å²) < 4.78 is 5.20. The zero-order valence-electron chi connectivity index (χ0n) is 13.2. The Balaban J connectivity index is 1.91. The SMILES string of the molecule is CCOC(=O)C1C(=CSc2n[nH]c(N)n2)NC(=O)NC1c1cccs1. The molecule has 0 spiro atoms. The number of esters is 1. The van der Waals surface area contributed by atoms with Crippen molar-refractivity contribution in [1.29, 1.82) is 0 Å². The number of H-pyrrole nitrogens is 1. The topological polar surface area (TPSA) is 135 Å². The molecule has 0 bridgehead atoms. The fourth-order valence-corrected chi connectivity index (χ4v) is 3.88. The number of hydrogen-bond donors (Lipinski definition) is 4. The minimum atomic E-state index is -0.694. The molecule has 1 aliphatic heterocycles. The van der Waals surface area contributed by atoms with Crippen LogP contribution >= 0.6 is 23.1 Å². The van der Waals surface area contributed by atoms with Gasteiger partial charge in [-0.25, -0.2) is 9.89 Å². The highest BCUT2D eigenvalue weighted by molar-refractivity contribution is 8.02. The van der Waals surface area contributed by atoms with Gasteiger partial charge in [0, 0.05) is 10.6 Å². The molecule has 0 radical (unpaired) electrons. The molecule has 132 valence electrons. The lowest BCUT2D eigenvalue weighted by Crippen LogP contribution is -2.51. The quantitative estimate of drug-likeness (QED) is 0.457. The summed E-state index contributed by atoms with van der Waals surface area (Å²) in [6.45, 7) is 1.99. The Morgan fingerprint density at radius 1 is 1.56 bits per heavy atom. The molecule has 5 N–H and O–H groups in total. The number of aromatic nitrogens is 3. The number of thiophene rings is 1. The summed E-state index contributed by atoms with van der Waals surface area (Å²) in [6.07, 6.45) is 0. The van der Waals surface area contributed by atoms with Gasteiger partial charge >= 0.3 is 12.0 Å². The Labute approximate surface area is 151 Å². The molecular formula is C14H16N6O3S2. The van der Waals surface area contributed by atoms with Crippen LogP contribution in [0.2, 0.25) is 0 Å². The summed E-state index contributed by atoms with van der Waals surface area (Å²) >= 11 is 2.61. The minimum absolute atomic E-state index is 0.189. The van der Waals surface area contributed by atoms with Crippen molar-refractivity contribution in [3.8, 4) is 0 Å². The first-order chi connectivity index (χ1) is 12.1. The van der Waals surface area contributed by atoms with Crippen molar-refractivity contribution in [2.24, 2.45) is 5.92 Å². The number of nitrogens with zero attached hydrogens (tertiary/aromatic N) is 2. The number of carbonyl (C=O) groups is 2. The number of nitrogens with one attached hydrogen (secondary N) is 3. The second-order valence-corrected chi connectivity index (χ2v) is 6.83. The van der Waals surface area contributed by atoms with Crippen molar-refractivity contribution in [2.75, 3.05) is 12.3 Å². The molecule has 0 aliphatic carbocycles. The highest BCUT2D eigenvalue weighted by Crippen LogP contribution is 2.35. The summed E-state index contributed by atoms with van der Waals surface area (Å²) in [4.78, 5) is 29.4. The zero-order chi connectivity index (χ0) is 17.8. The fraction of sp³-hybridized carbons (Fsp3) is 0.286. The van der Waals surface area contributed by atoms with E-state index in [4.69, 9.17) is 10.5 Å². The number of rotatable bonds is 5. The van der Waals surface area contributed by atoms with Gasteiger partial charge in [0.2, 0.25) is 11.1 Å². The van der Waals surface area contributed by atoms with Crippen LogP contribution in [0.5, 0.6) is 0 Å². The number of hydrogen-bond acceptors (Lipinski definition) is 8. The largest absolute Gasteiger partial charge is 0.465 e. The smallest absolute Gasteiger partial charge is 0.319 e. The van der Waals surface area contributed by atoms with Crippen molar-refractivity contribution in [3.05, 3.63) is 33.5 Å².